The van der Waals surface area contributed by atoms with Gasteiger partial charge in [0, 0.05) is 23.9 Å². The van der Waals surface area contributed by atoms with Crippen molar-refractivity contribution < 1.29 is 13.9 Å². The van der Waals surface area contributed by atoms with Crippen molar-refractivity contribution in [2.24, 2.45) is 0 Å². The topological polar surface area (TPSA) is 57.0 Å². The van der Waals surface area contributed by atoms with E-state index < -0.39 is 5.97 Å². The monoisotopic (exact) mass is 339 g/mol. The second kappa shape index (κ2) is 7.70. The molecule has 5 nitrogen and oxygen atoms in total. The smallest absolute Gasteiger partial charge is 0.330 e. The maximum atomic E-state index is 13.5. The van der Waals surface area contributed by atoms with E-state index in [4.69, 9.17) is 4.74 Å². The molecule has 2 aromatic heterocycles. The van der Waals surface area contributed by atoms with E-state index in [0.29, 0.717) is 23.6 Å². The number of fused-ring (bicyclic) bond motifs is 1. The predicted octanol–water partition coefficient (Wildman–Crippen LogP) is 3.92. The van der Waals surface area contributed by atoms with Gasteiger partial charge in [-0.05, 0) is 42.8 Å². The highest BCUT2D eigenvalue weighted by Gasteiger charge is 2.11. The quantitative estimate of drug-likeness (QED) is 0.388. The molecule has 0 aliphatic heterocycles. The number of hydrogen-bond donors (Lipinski definition) is 0. The van der Waals surface area contributed by atoms with Crippen LogP contribution in [-0.2, 0) is 9.53 Å². The van der Waals surface area contributed by atoms with E-state index in [9.17, 15) is 9.18 Å². The zero-order chi connectivity index (χ0) is 17.6. The van der Waals surface area contributed by atoms with Gasteiger partial charge in [-0.15, -0.1) is 0 Å². The molecule has 6 heteroatoms. The fourth-order valence-electron chi connectivity index (χ4n) is 2.48. The summed E-state index contributed by atoms with van der Waals surface area (Å²) in [5, 5.41) is 0.700. The largest absolute Gasteiger partial charge is 0.463 e. The first-order valence-electron chi connectivity index (χ1n) is 8.12. The van der Waals surface area contributed by atoms with E-state index in [-0.39, 0.29) is 5.82 Å². The number of halogens is 1. The van der Waals surface area contributed by atoms with E-state index in [1.165, 1.54) is 18.2 Å². The first-order chi connectivity index (χ1) is 12.2. The zero-order valence-corrected chi connectivity index (χ0v) is 13.9. The Labute approximate surface area is 144 Å². The van der Waals surface area contributed by atoms with Crippen molar-refractivity contribution in [1.82, 2.24) is 14.5 Å². The van der Waals surface area contributed by atoms with Crippen molar-refractivity contribution in [2.75, 3.05) is 6.61 Å². The minimum absolute atomic E-state index is 0.326. The van der Waals surface area contributed by atoms with Crippen LogP contribution in [-0.4, -0.2) is 27.1 Å². The molecule has 3 aromatic rings. The summed E-state index contributed by atoms with van der Waals surface area (Å²) >= 11 is 0. The molecule has 25 heavy (non-hydrogen) atoms. The summed E-state index contributed by atoms with van der Waals surface area (Å²) in [5.41, 5.74) is 1.42. The van der Waals surface area contributed by atoms with Crippen LogP contribution in [0.2, 0.25) is 0 Å². The van der Waals surface area contributed by atoms with E-state index in [1.54, 1.807) is 41.2 Å². The highest BCUT2D eigenvalue weighted by atomic mass is 19.1. The summed E-state index contributed by atoms with van der Waals surface area (Å²) in [6, 6.07) is 7.98. The van der Waals surface area contributed by atoms with Crippen LogP contribution in [0.5, 0.6) is 0 Å². The van der Waals surface area contributed by atoms with Crippen LogP contribution in [0.15, 0.2) is 48.8 Å². The van der Waals surface area contributed by atoms with Gasteiger partial charge in [-0.1, -0.05) is 13.3 Å². The molecule has 0 aliphatic carbocycles. The Hall–Kier alpha value is -3.02. The molecular weight excluding hydrogens is 321 g/mol. The van der Waals surface area contributed by atoms with Gasteiger partial charge in [0.15, 0.2) is 0 Å². The molecule has 128 valence electrons. The Bertz CT molecular complexity index is 904. The number of unbranched alkanes of at least 4 members (excludes halogenated alkanes) is 1. The number of esters is 1. The van der Waals surface area contributed by atoms with Crippen molar-refractivity contribution in [3.8, 4) is 5.95 Å². The van der Waals surface area contributed by atoms with E-state index >= 15 is 0 Å². The van der Waals surface area contributed by atoms with Crippen molar-refractivity contribution >= 4 is 22.9 Å². The van der Waals surface area contributed by atoms with Crippen molar-refractivity contribution in [3.63, 3.8) is 0 Å². The normalized spacial score (nSPS) is 11.3. The lowest BCUT2D eigenvalue weighted by Crippen LogP contribution is -2.04. The first kappa shape index (κ1) is 16.8. The van der Waals surface area contributed by atoms with Crippen LogP contribution in [0.3, 0.4) is 0 Å². The van der Waals surface area contributed by atoms with Gasteiger partial charge in [0.1, 0.15) is 5.82 Å². The third-order valence-electron chi connectivity index (χ3n) is 3.68. The Morgan fingerprint density at radius 2 is 2.08 bits per heavy atom. The van der Waals surface area contributed by atoms with Gasteiger partial charge < -0.3 is 4.74 Å². The average molecular weight is 339 g/mol. The lowest BCUT2D eigenvalue weighted by Gasteiger charge is -2.06. The summed E-state index contributed by atoms with van der Waals surface area (Å²) in [4.78, 5) is 20.3. The maximum Gasteiger partial charge on any atom is 0.330 e. The van der Waals surface area contributed by atoms with Gasteiger partial charge in [-0.25, -0.2) is 19.2 Å². The Balaban J connectivity index is 1.98. The lowest BCUT2D eigenvalue weighted by atomic mass is 10.2. The maximum absolute atomic E-state index is 13.5. The summed E-state index contributed by atoms with van der Waals surface area (Å²) in [6.07, 6.45) is 8.04. The van der Waals surface area contributed by atoms with Crippen LogP contribution in [0.25, 0.3) is 22.9 Å². The molecule has 2 heterocycles. The predicted molar refractivity (Wildman–Crippen MR) is 93.7 cm³/mol. The van der Waals surface area contributed by atoms with E-state index in [2.05, 4.69) is 9.97 Å². The average Bonchev–Trinajstić information content (AvgIpc) is 2.98. The molecule has 0 atom stereocenters. The molecule has 1 aromatic carbocycles. The standard InChI is InChI=1S/C19H18FN3O2/c1-2-3-11-25-18(24)8-6-16-13-14-12-15(20)5-7-17(14)23(16)19-21-9-4-10-22-19/h4-10,12-13H,2-3,11H2,1H3/b8-6+. The summed E-state index contributed by atoms with van der Waals surface area (Å²) < 4.78 is 20.4. The van der Waals surface area contributed by atoms with Crippen LogP contribution in [0.4, 0.5) is 4.39 Å². The van der Waals surface area contributed by atoms with Crippen molar-refractivity contribution in [2.45, 2.75) is 19.8 Å². The Kier molecular flexibility index (Phi) is 5.18. The number of carbonyl (C=O) groups is 1. The third kappa shape index (κ3) is 3.91. The van der Waals surface area contributed by atoms with Crippen LogP contribution in [0.1, 0.15) is 25.5 Å². The molecule has 0 N–H and O–H groups in total. The zero-order valence-electron chi connectivity index (χ0n) is 13.9. The summed E-state index contributed by atoms with van der Waals surface area (Å²) in [7, 11) is 0. The second-order valence-corrected chi connectivity index (χ2v) is 5.51. The molecular formula is C19H18FN3O2. The molecule has 0 saturated heterocycles. The third-order valence-corrected chi connectivity index (χ3v) is 3.68. The SMILES string of the molecule is CCCCOC(=O)/C=C/c1cc2cc(F)ccc2n1-c1ncccn1. The van der Waals surface area contributed by atoms with Gasteiger partial charge in [-0.3, -0.25) is 4.57 Å². The number of carbonyl (C=O) groups excluding carboxylic acids is 1. The van der Waals surface area contributed by atoms with Gasteiger partial charge in [0.25, 0.3) is 0 Å². The van der Waals surface area contributed by atoms with Crippen LogP contribution >= 0.6 is 0 Å². The highest BCUT2D eigenvalue weighted by molar-refractivity contribution is 5.90. The molecule has 0 unspecified atom stereocenters. The van der Waals surface area contributed by atoms with Gasteiger partial charge in [-0.2, -0.15) is 0 Å². The highest BCUT2D eigenvalue weighted by Crippen LogP contribution is 2.24. The minimum Gasteiger partial charge on any atom is -0.463 e. The molecule has 0 aliphatic rings. The fraction of sp³-hybridized carbons (Fsp3) is 0.211. The molecule has 0 bridgehead atoms. The molecule has 0 fully saturated rings. The molecule has 3 rings (SSSR count). The molecule has 0 amide bonds. The molecule has 0 spiro atoms. The van der Waals surface area contributed by atoms with Gasteiger partial charge in [0.05, 0.1) is 17.8 Å². The number of hydrogen-bond acceptors (Lipinski definition) is 4. The van der Waals surface area contributed by atoms with E-state index in [1.807, 2.05) is 6.92 Å². The van der Waals surface area contributed by atoms with Crippen LogP contribution in [0, 0.1) is 5.82 Å². The summed E-state index contributed by atoms with van der Waals surface area (Å²) in [6.45, 7) is 2.43. The Morgan fingerprint density at radius 1 is 1.28 bits per heavy atom. The number of aromatic nitrogens is 3. The second-order valence-electron chi connectivity index (χ2n) is 5.51. The Morgan fingerprint density at radius 3 is 2.84 bits per heavy atom. The minimum atomic E-state index is -0.412. The van der Waals surface area contributed by atoms with Gasteiger partial charge >= 0.3 is 5.97 Å². The van der Waals surface area contributed by atoms with Gasteiger partial charge in [0.2, 0.25) is 5.95 Å². The molecule has 0 saturated carbocycles. The lowest BCUT2D eigenvalue weighted by molar-refractivity contribution is -0.137. The van der Waals surface area contributed by atoms with Crippen molar-refractivity contribution in [1.29, 1.82) is 0 Å². The summed E-state index contributed by atoms with van der Waals surface area (Å²) in [5.74, 6) is -0.290. The van der Waals surface area contributed by atoms with Crippen LogP contribution < -0.4 is 0 Å². The number of ether oxygens (including phenoxy) is 1. The first-order valence-corrected chi connectivity index (χ1v) is 8.12. The van der Waals surface area contributed by atoms with E-state index in [0.717, 1.165) is 18.4 Å². The number of nitrogens with zero attached hydrogens (tertiary/aromatic N) is 3. The fourth-order valence-corrected chi connectivity index (χ4v) is 2.48. The number of rotatable bonds is 6. The number of benzene rings is 1. The van der Waals surface area contributed by atoms with Crippen molar-refractivity contribution in [3.05, 3.63) is 60.3 Å². The molecule has 0 radical (unpaired) electrons.